The van der Waals surface area contributed by atoms with E-state index in [1.54, 1.807) is 0 Å². The molecule has 6 heteroatoms. The Labute approximate surface area is 157 Å². The van der Waals surface area contributed by atoms with Crippen LogP contribution in [-0.4, -0.2) is 54.1 Å². The molecular weight excluding hydrogens is 291 g/mol. The second-order valence-electron chi connectivity index (χ2n) is 5.56. The van der Waals surface area contributed by atoms with Gasteiger partial charge in [-0.15, -0.1) is 0 Å². The Hall–Kier alpha value is 0.0600. The molecule has 22 heavy (non-hydrogen) atoms. The van der Waals surface area contributed by atoms with Crippen LogP contribution in [0.25, 0.3) is 0 Å². The molecule has 0 heterocycles. The zero-order valence-corrected chi connectivity index (χ0v) is 13.4. The van der Waals surface area contributed by atoms with Crippen molar-refractivity contribution in [2.45, 2.75) is 83.6 Å². The van der Waals surface area contributed by atoms with E-state index in [1.165, 1.54) is 25.7 Å². The monoisotopic (exact) mass is 324 g/mol. The van der Waals surface area contributed by atoms with Crippen molar-refractivity contribution < 1.29 is 14.3 Å². The van der Waals surface area contributed by atoms with Crippen LogP contribution in [0.3, 0.4) is 0 Å². The molecule has 0 aliphatic rings. The van der Waals surface area contributed by atoms with Crippen molar-refractivity contribution in [3.05, 3.63) is 0 Å². The van der Waals surface area contributed by atoms with Gasteiger partial charge < -0.3 is 16.2 Å². The molecule has 4 N–H and O–H groups in total. The van der Waals surface area contributed by atoms with Gasteiger partial charge >= 0.3 is 41.5 Å². The van der Waals surface area contributed by atoms with Gasteiger partial charge in [0.15, 0.2) is 0 Å². The summed E-state index contributed by atoms with van der Waals surface area (Å²) in [5.74, 6) is -1.07. The van der Waals surface area contributed by atoms with Gasteiger partial charge in [-0.2, -0.15) is 0 Å². The molecule has 0 fully saturated rings. The molecule has 0 aromatic heterocycles. The number of rotatable bonds is 13. The zero-order valence-electron chi connectivity index (χ0n) is 13.4. The Balaban J connectivity index is 0. The van der Waals surface area contributed by atoms with Crippen molar-refractivity contribution >= 4 is 41.5 Å². The van der Waals surface area contributed by atoms with E-state index in [0.717, 1.165) is 32.1 Å². The van der Waals surface area contributed by atoms with Crippen LogP contribution in [0.2, 0.25) is 0 Å². The molecule has 126 valence electrons. The van der Waals surface area contributed by atoms with E-state index in [1.807, 2.05) is 0 Å². The van der Waals surface area contributed by atoms with Crippen LogP contribution in [0.4, 0.5) is 0 Å². The fourth-order valence-electron chi connectivity index (χ4n) is 2.09. The minimum atomic E-state index is -0.713. The molecule has 0 bridgehead atoms. The molecule has 0 aliphatic carbocycles. The van der Waals surface area contributed by atoms with Crippen LogP contribution in [-0.2, 0) is 14.3 Å². The van der Waals surface area contributed by atoms with E-state index in [0.29, 0.717) is 19.4 Å². The van der Waals surface area contributed by atoms with Crippen molar-refractivity contribution in [1.82, 2.24) is 0 Å². The van der Waals surface area contributed by atoms with Crippen molar-refractivity contribution in [1.29, 1.82) is 0 Å². The van der Waals surface area contributed by atoms with Crippen molar-refractivity contribution in [3.8, 4) is 0 Å². The molecule has 0 spiro atoms. The first-order valence-electron chi connectivity index (χ1n) is 8.32. The second-order valence-corrected chi connectivity index (χ2v) is 5.56. The summed E-state index contributed by atoms with van der Waals surface area (Å²) in [4.78, 5) is 23.1. The summed E-state index contributed by atoms with van der Waals surface area (Å²) in [6.07, 6.45) is 10.3. The van der Waals surface area contributed by atoms with Crippen LogP contribution in [0, 0.1) is 0 Å². The quantitative estimate of drug-likeness (QED) is 0.234. The summed E-state index contributed by atoms with van der Waals surface area (Å²) in [6.45, 7) is 2.77. The first-order valence-corrected chi connectivity index (χ1v) is 8.32. The van der Waals surface area contributed by atoms with Gasteiger partial charge in [0.05, 0.1) is 0 Å². The Morgan fingerprint density at radius 1 is 0.955 bits per heavy atom. The average Bonchev–Trinajstić information content (AvgIpc) is 2.46. The number of hydrogen-bond acceptors (Lipinski definition) is 5. The molecule has 0 saturated carbocycles. The number of esters is 2. The molecule has 0 radical (unpaired) electrons. The number of nitrogens with two attached hydrogens (primary N) is 2. The van der Waals surface area contributed by atoms with Gasteiger partial charge in [0.2, 0.25) is 0 Å². The fourth-order valence-corrected chi connectivity index (χ4v) is 2.09. The van der Waals surface area contributed by atoms with Crippen molar-refractivity contribution in [3.63, 3.8) is 0 Å². The summed E-state index contributed by atoms with van der Waals surface area (Å²) in [5.41, 5.74) is 11.0. The number of carbonyl (C=O) groups excluding carboxylic acids is 2. The van der Waals surface area contributed by atoms with E-state index >= 15 is 0 Å². The maximum atomic E-state index is 11.6. The third-order valence-electron chi connectivity index (χ3n) is 3.47. The van der Waals surface area contributed by atoms with E-state index in [2.05, 4.69) is 6.92 Å². The number of ether oxygens (including phenoxy) is 1. The number of carbonyl (C=O) groups is 2. The number of unbranched alkanes of at least 4 members (excludes halogenated alkanes) is 7. The Bertz CT molecular complexity index is 289. The van der Waals surface area contributed by atoms with Crippen molar-refractivity contribution in [2.24, 2.45) is 11.5 Å². The first-order chi connectivity index (χ1) is 10.1. The van der Waals surface area contributed by atoms with E-state index < -0.39 is 18.0 Å². The molecule has 5 nitrogen and oxygen atoms in total. The SMILES string of the molecule is CCCCCCCCCC(=O)OC(=O)[C@@H](N)CCCCN.[NaH]. The van der Waals surface area contributed by atoms with Gasteiger partial charge in [-0.05, 0) is 25.8 Å². The average molecular weight is 324 g/mol. The molecule has 0 aromatic carbocycles. The van der Waals surface area contributed by atoms with E-state index in [4.69, 9.17) is 16.2 Å². The minimum absolute atomic E-state index is 0. The van der Waals surface area contributed by atoms with Gasteiger partial charge in [-0.3, -0.25) is 4.79 Å². The summed E-state index contributed by atoms with van der Waals surface area (Å²) < 4.78 is 4.75. The number of hydrogen-bond donors (Lipinski definition) is 2. The van der Waals surface area contributed by atoms with Gasteiger partial charge in [-0.25, -0.2) is 4.79 Å². The van der Waals surface area contributed by atoms with Crippen LogP contribution in [0.5, 0.6) is 0 Å². The summed E-state index contributed by atoms with van der Waals surface area (Å²) in [7, 11) is 0. The van der Waals surface area contributed by atoms with Crippen molar-refractivity contribution in [2.75, 3.05) is 6.54 Å². The Morgan fingerprint density at radius 3 is 2.14 bits per heavy atom. The molecule has 0 amide bonds. The molecule has 0 aliphatic heterocycles. The molecular formula is C16H33N2NaO3. The third kappa shape index (κ3) is 15.0. The predicted molar refractivity (Wildman–Crippen MR) is 91.7 cm³/mol. The molecule has 0 rings (SSSR count). The molecule has 0 aromatic rings. The Morgan fingerprint density at radius 2 is 1.55 bits per heavy atom. The Kier molecular flexibility index (Phi) is 19.2. The predicted octanol–water partition coefficient (Wildman–Crippen LogP) is 2.00. The van der Waals surface area contributed by atoms with Crippen LogP contribution < -0.4 is 11.5 Å². The molecule has 0 unspecified atom stereocenters. The van der Waals surface area contributed by atoms with Crippen LogP contribution >= 0.6 is 0 Å². The van der Waals surface area contributed by atoms with Gasteiger partial charge in [-0.1, -0.05) is 51.9 Å². The van der Waals surface area contributed by atoms with Gasteiger partial charge in [0.25, 0.3) is 0 Å². The van der Waals surface area contributed by atoms with Gasteiger partial charge in [0.1, 0.15) is 6.04 Å². The first kappa shape index (κ1) is 24.3. The van der Waals surface area contributed by atoms with Gasteiger partial charge in [0, 0.05) is 6.42 Å². The summed E-state index contributed by atoms with van der Waals surface area (Å²) >= 11 is 0. The van der Waals surface area contributed by atoms with Crippen LogP contribution in [0.1, 0.15) is 77.6 Å². The summed E-state index contributed by atoms with van der Waals surface area (Å²) in [6, 6.07) is -0.713. The topological polar surface area (TPSA) is 95.4 Å². The molecule has 0 saturated heterocycles. The third-order valence-corrected chi connectivity index (χ3v) is 3.47. The maximum absolute atomic E-state index is 11.6. The fraction of sp³-hybridized carbons (Fsp3) is 0.875. The van der Waals surface area contributed by atoms with E-state index in [-0.39, 0.29) is 29.6 Å². The van der Waals surface area contributed by atoms with Crippen LogP contribution in [0.15, 0.2) is 0 Å². The summed E-state index contributed by atoms with van der Waals surface area (Å²) in [5, 5.41) is 0. The zero-order chi connectivity index (χ0) is 15.9. The molecule has 1 atom stereocenters. The standard InChI is InChI=1S/C16H32N2O3.Na.H/c1-2-3-4-5-6-7-8-12-15(19)21-16(20)14(18)11-9-10-13-17;;/h14H,2-13,17-18H2,1H3;;/t14-;;/m0../s1. The van der Waals surface area contributed by atoms with E-state index in [9.17, 15) is 9.59 Å². The normalized spacial score (nSPS) is 11.6. The second kappa shape index (κ2) is 17.4.